The molecule has 8 heteroatoms. The monoisotopic (exact) mass is 565 g/mol. The average molecular weight is 566 g/mol. The van der Waals surface area contributed by atoms with Crippen LogP contribution >= 0.6 is 11.3 Å². The number of quaternary nitrogens is 1. The average Bonchev–Trinajstić information content (AvgIpc) is 3.70. The van der Waals surface area contributed by atoms with Crippen LogP contribution < -0.4 is 9.80 Å². The molecule has 3 atom stereocenters. The van der Waals surface area contributed by atoms with Crippen molar-refractivity contribution in [2.75, 3.05) is 39.0 Å². The first kappa shape index (κ1) is 27.2. The van der Waals surface area contributed by atoms with Crippen LogP contribution in [0.5, 0.6) is 0 Å². The van der Waals surface area contributed by atoms with E-state index in [-0.39, 0.29) is 5.91 Å². The predicted octanol–water partition coefficient (Wildman–Crippen LogP) is 5.65. The third-order valence-electron chi connectivity index (χ3n) is 9.27. The van der Waals surface area contributed by atoms with Crippen LogP contribution in [0, 0.1) is 0 Å². The second kappa shape index (κ2) is 10.8. The molecule has 2 aromatic heterocycles. The summed E-state index contributed by atoms with van der Waals surface area (Å²) in [6.45, 7) is 16.0. The summed E-state index contributed by atoms with van der Waals surface area (Å²) in [5, 5.41) is 3.62. The number of fused-ring (bicyclic) bond motifs is 2. The molecule has 0 saturated carbocycles. The summed E-state index contributed by atoms with van der Waals surface area (Å²) in [5.41, 5.74) is 5.41. The largest absolute Gasteiger partial charge is 0.383 e. The van der Waals surface area contributed by atoms with Crippen LogP contribution in [-0.4, -0.2) is 74.5 Å². The lowest BCUT2D eigenvalue weighted by molar-refractivity contribution is 0.0739. The second-order valence-electron chi connectivity index (χ2n) is 13.2. The van der Waals surface area contributed by atoms with Gasteiger partial charge in [0.15, 0.2) is 0 Å². The zero-order valence-corrected chi connectivity index (χ0v) is 26.0. The Morgan fingerprint density at radius 3 is 2.79 bits per heavy atom. The number of benzene rings is 1. The van der Waals surface area contributed by atoms with Crippen LogP contribution in [0.1, 0.15) is 47.0 Å². The maximum atomic E-state index is 13.6. The first-order chi connectivity index (χ1) is 18.7. The van der Waals surface area contributed by atoms with Gasteiger partial charge in [-0.05, 0) is 42.7 Å². The fourth-order valence-electron chi connectivity index (χ4n) is 7.22. The summed E-state index contributed by atoms with van der Waals surface area (Å²) in [4.78, 5) is 16.5. The SMILES string of the molecule is C[C@H]1CCC[N+]1(c1ccc2c(c1)CCN(C(=O)c1cc3c(ccn3CCOC[Si](C)(C)C)s1)C2)[C@H]1CCNC1. The number of aromatic nitrogens is 1. The number of rotatable bonds is 8. The van der Waals surface area contributed by atoms with E-state index in [1.54, 1.807) is 11.3 Å². The van der Waals surface area contributed by atoms with Gasteiger partial charge < -0.3 is 19.5 Å². The summed E-state index contributed by atoms with van der Waals surface area (Å²) in [6.07, 6.45) is 7.86. The third kappa shape index (κ3) is 5.26. The zero-order valence-electron chi connectivity index (χ0n) is 24.2. The van der Waals surface area contributed by atoms with Gasteiger partial charge in [-0.3, -0.25) is 9.28 Å². The minimum absolute atomic E-state index is 0.168. The summed E-state index contributed by atoms with van der Waals surface area (Å²) in [5.74, 6) is 0.168. The first-order valence-corrected chi connectivity index (χ1v) is 19.4. The molecule has 0 spiro atoms. The fourth-order valence-corrected chi connectivity index (χ4v) is 9.01. The van der Waals surface area contributed by atoms with E-state index < -0.39 is 8.07 Å². The molecule has 1 amide bonds. The molecule has 0 radical (unpaired) electrons. The topological polar surface area (TPSA) is 46.5 Å². The van der Waals surface area contributed by atoms with Crippen LogP contribution in [0.2, 0.25) is 19.6 Å². The lowest BCUT2D eigenvalue weighted by Gasteiger charge is -2.44. The van der Waals surface area contributed by atoms with Gasteiger partial charge in [0, 0.05) is 70.5 Å². The van der Waals surface area contributed by atoms with E-state index in [0.29, 0.717) is 25.2 Å². The molecule has 39 heavy (non-hydrogen) atoms. The van der Waals surface area contributed by atoms with Gasteiger partial charge in [0.25, 0.3) is 5.91 Å². The number of carbonyl (C=O) groups is 1. The predicted molar refractivity (Wildman–Crippen MR) is 165 cm³/mol. The van der Waals surface area contributed by atoms with Crippen LogP contribution in [0.25, 0.3) is 10.2 Å². The highest BCUT2D eigenvalue weighted by Gasteiger charge is 2.48. The van der Waals surface area contributed by atoms with Crippen molar-refractivity contribution in [3.63, 3.8) is 0 Å². The van der Waals surface area contributed by atoms with Gasteiger partial charge in [0.1, 0.15) is 11.7 Å². The van der Waals surface area contributed by atoms with Crippen molar-refractivity contribution in [3.05, 3.63) is 52.5 Å². The number of hydrogen-bond acceptors (Lipinski definition) is 4. The van der Waals surface area contributed by atoms with E-state index in [0.717, 1.165) is 53.7 Å². The Kier molecular flexibility index (Phi) is 7.52. The first-order valence-electron chi connectivity index (χ1n) is 14.9. The van der Waals surface area contributed by atoms with Gasteiger partial charge in [0.05, 0.1) is 42.4 Å². The van der Waals surface area contributed by atoms with Crippen molar-refractivity contribution in [1.29, 1.82) is 0 Å². The second-order valence-corrected chi connectivity index (χ2v) is 19.7. The molecule has 6 rings (SSSR count). The molecule has 5 heterocycles. The van der Waals surface area contributed by atoms with Crippen molar-refractivity contribution >= 4 is 41.2 Å². The number of amides is 1. The maximum Gasteiger partial charge on any atom is 0.264 e. The Balaban J connectivity index is 1.15. The number of nitrogens with one attached hydrogen (secondary N) is 1. The van der Waals surface area contributed by atoms with Crippen molar-refractivity contribution in [1.82, 2.24) is 19.3 Å². The van der Waals surface area contributed by atoms with E-state index in [1.165, 1.54) is 47.3 Å². The van der Waals surface area contributed by atoms with Crippen molar-refractivity contribution in [2.24, 2.45) is 0 Å². The molecule has 1 unspecified atom stereocenters. The minimum atomic E-state index is -1.19. The Bertz CT molecular complexity index is 1340. The van der Waals surface area contributed by atoms with Crippen LogP contribution in [-0.2, 0) is 24.2 Å². The highest BCUT2D eigenvalue weighted by Crippen LogP contribution is 2.40. The molecule has 2 saturated heterocycles. The van der Waals surface area contributed by atoms with Crippen molar-refractivity contribution in [2.45, 2.75) is 77.4 Å². The van der Waals surface area contributed by atoms with Crippen LogP contribution in [0.3, 0.4) is 0 Å². The molecule has 0 bridgehead atoms. The van der Waals surface area contributed by atoms with E-state index in [9.17, 15) is 4.79 Å². The van der Waals surface area contributed by atoms with E-state index in [2.05, 4.69) is 77.9 Å². The minimum Gasteiger partial charge on any atom is -0.383 e. The summed E-state index contributed by atoms with van der Waals surface area (Å²) in [6, 6.07) is 12.8. The molecular weight excluding hydrogens is 521 g/mol. The van der Waals surface area contributed by atoms with Crippen molar-refractivity contribution in [3.8, 4) is 0 Å². The normalized spacial score (nSPS) is 25.5. The molecule has 3 aliphatic heterocycles. The number of likely N-dealkylation sites (tertiary alicyclic amines) is 1. The molecule has 210 valence electrons. The Morgan fingerprint density at radius 2 is 2.05 bits per heavy atom. The van der Waals surface area contributed by atoms with Gasteiger partial charge in [-0.25, -0.2) is 0 Å². The lowest BCUT2D eigenvalue weighted by atomic mass is 9.96. The van der Waals surface area contributed by atoms with Crippen LogP contribution in [0.15, 0.2) is 36.5 Å². The van der Waals surface area contributed by atoms with Gasteiger partial charge >= 0.3 is 0 Å². The zero-order chi connectivity index (χ0) is 27.2. The molecule has 1 N–H and O–H groups in total. The van der Waals surface area contributed by atoms with Crippen LogP contribution in [0.4, 0.5) is 5.69 Å². The van der Waals surface area contributed by atoms with Gasteiger partial charge in [0.2, 0.25) is 0 Å². The number of thiophene rings is 1. The molecule has 0 aliphatic carbocycles. The summed E-state index contributed by atoms with van der Waals surface area (Å²) < 4.78 is 10.5. The lowest BCUT2D eigenvalue weighted by Crippen LogP contribution is -2.59. The maximum absolute atomic E-state index is 13.6. The molecule has 2 fully saturated rings. The van der Waals surface area contributed by atoms with E-state index in [4.69, 9.17) is 4.74 Å². The Labute approximate surface area is 238 Å². The van der Waals surface area contributed by atoms with E-state index in [1.807, 2.05) is 0 Å². The number of hydrogen-bond donors (Lipinski definition) is 1. The fraction of sp³-hybridized carbons (Fsp3) is 0.581. The highest BCUT2D eigenvalue weighted by atomic mass is 32.1. The number of carbonyl (C=O) groups excluding carboxylic acids is 1. The molecule has 6 nitrogen and oxygen atoms in total. The third-order valence-corrected chi connectivity index (χ3v) is 11.4. The molecule has 3 aromatic rings. The number of nitrogens with zero attached hydrogens (tertiary/aromatic N) is 3. The summed E-state index contributed by atoms with van der Waals surface area (Å²) >= 11 is 1.62. The standard InChI is InChI=1S/C31H45N4O2SSi/c1-23-6-5-16-35(23,27-9-12-32-20-27)26-8-7-25-21-34(13-10-24(25)18-26)31(36)30-19-28-29(38-30)11-14-33(28)15-17-37-22-39(2,3)4/h7-8,11,14,18-19,23,27,32H,5-6,9-10,12-13,15-17,20-22H2,1-4H3/q+1/t23-,27-,35?/m0/s1. The quantitative estimate of drug-likeness (QED) is 0.218. The van der Waals surface area contributed by atoms with Gasteiger partial charge in [-0.15, -0.1) is 11.3 Å². The Hall–Kier alpha value is -1.97. The molecule has 1 aromatic carbocycles. The summed E-state index contributed by atoms with van der Waals surface area (Å²) in [7, 11) is -1.19. The smallest absolute Gasteiger partial charge is 0.264 e. The number of ether oxygens (including phenoxy) is 1. The van der Waals surface area contributed by atoms with Gasteiger partial charge in [-0.2, -0.15) is 0 Å². The van der Waals surface area contributed by atoms with E-state index >= 15 is 0 Å². The highest BCUT2D eigenvalue weighted by molar-refractivity contribution is 7.20. The van der Waals surface area contributed by atoms with Gasteiger partial charge in [-0.1, -0.05) is 25.7 Å². The molecular formula is C31H45N4O2SSi+. The molecule has 3 aliphatic rings. The Morgan fingerprint density at radius 1 is 1.18 bits per heavy atom. The van der Waals surface area contributed by atoms with Crippen molar-refractivity contribution < 1.29 is 9.53 Å².